The molecule has 0 saturated carbocycles. The Balaban J connectivity index is 1.36. The van der Waals surface area contributed by atoms with Crippen LogP contribution in [0, 0.1) is 5.82 Å². The number of hydrogen-bond donors (Lipinski definition) is 1. The molecule has 0 spiro atoms. The molecule has 1 amide bonds. The number of rotatable bonds is 7. The molecule has 0 aliphatic carbocycles. The van der Waals surface area contributed by atoms with Crippen LogP contribution in [0.2, 0.25) is 0 Å². The summed E-state index contributed by atoms with van der Waals surface area (Å²) in [5, 5.41) is 18.8. The van der Waals surface area contributed by atoms with Crippen LogP contribution in [0.15, 0.2) is 59.5 Å². The van der Waals surface area contributed by atoms with Crippen LogP contribution in [0.25, 0.3) is 17.0 Å². The second-order valence-corrected chi connectivity index (χ2v) is 6.19. The Morgan fingerprint density at radius 2 is 2.03 bits per heavy atom. The first-order valence-electron chi connectivity index (χ1n) is 9.00. The average Bonchev–Trinajstić information content (AvgIpc) is 3.16. The van der Waals surface area contributed by atoms with Gasteiger partial charge in [-0.05, 0) is 24.3 Å². The van der Waals surface area contributed by atoms with Gasteiger partial charge in [-0.15, -0.1) is 15.3 Å². The third kappa shape index (κ3) is 4.29. The van der Waals surface area contributed by atoms with Gasteiger partial charge in [0, 0.05) is 23.9 Å². The molecule has 0 atom stereocenters. The Hall–Kier alpha value is -4.15. The summed E-state index contributed by atoms with van der Waals surface area (Å²) in [6.45, 7) is 0.180. The van der Waals surface area contributed by atoms with E-state index in [1.807, 2.05) is 0 Å². The van der Waals surface area contributed by atoms with E-state index in [2.05, 4.69) is 25.7 Å². The predicted molar refractivity (Wildman–Crippen MR) is 103 cm³/mol. The van der Waals surface area contributed by atoms with Gasteiger partial charge in [0.1, 0.15) is 19.0 Å². The maximum absolute atomic E-state index is 13.5. The van der Waals surface area contributed by atoms with Crippen molar-refractivity contribution in [2.24, 2.45) is 0 Å². The lowest BCUT2D eigenvalue weighted by Crippen LogP contribution is -2.35. The lowest BCUT2D eigenvalue weighted by atomic mass is 10.2. The smallest absolute Gasteiger partial charge is 0.267 e. The Labute approximate surface area is 168 Å². The normalized spacial score (nSPS) is 10.8. The van der Waals surface area contributed by atoms with Gasteiger partial charge in [-0.1, -0.05) is 12.1 Å². The van der Waals surface area contributed by atoms with Crippen molar-refractivity contribution in [1.29, 1.82) is 0 Å². The van der Waals surface area contributed by atoms with Crippen LogP contribution in [0.3, 0.4) is 0 Å². The van der Waals surface area contributed by atoms with Crippen molar-refractivity contribution in [2.75, 3.05) is 13.2 Å². The second-order valence-electron chi connectivity index (χ2n) is 6.19. The van der Waals surface area contributed by atoms with E-state index in [0.29, 0.717) is 17.0 Å². The number of halogens is 1. The molecule has 11 heteroatoms. The van der Waals surface area contributed by atoms with E-state index in [9.17, 15) is 14.0 Å². The van der Waals surface area contributed by atoms with Gasteiger partial charge in [-0.25, -0.2) is 9.07 Å². The largest absolute Gasteiger partial charge is 0.475 e. The summed E-state index contributed by atoms with van der Waals surface area (Å²) in [6, 6.07) is 12.1. The van der Waals surface area contributed by atoms with E-state index >= 15 is 0 Å². The van der Waals surface area contributed by atoms with Gasteiger partial charge in [0.2, 0.25) is 11.8 Å². The molecule has 0 unspecified atom stereocenters. The zero-order valence-corrected chi connectivity index (χ0v) is 15.6. The molecule has 0 radical (unpaired) electrons. The number of nitrogens with one attached hydrogen (secondary N) is 1. The van der Waals surface area contributed by atoms with Crippen LogP contribution in [0.4, 0.5) is 4.39 Å². The van der Waals surface area contributed by atoms with Crippen molar-refractivity contribution >= 4 is 11.6 Å². The van der Waals surface area contributed by atoms with Crippen molar-refractivity contribution < 1.29 is 13.9 Å². The average molecular weight is 409 g/mol. The Morgan fingerprint density at radius 1 is 1.13 bits per heavy atom. The van der Waals surface area contributed by atoms with Crippen LogP contribution in [-0.4, -0.2) is 48.7 Å². The Kier molecular flexibility index (Phi) is 5.42. The Morgan fingerprint density at radius 3 is 2.87 bits per heavy atom. The molecule has 10 nitrogen and oxygen atoms in total. The van der Waals surface area contributed by atoms with Crippen molar-refractivity contribution in [3.8, 4) is 17.3 Å². The zero-order chi connectivity index (χ0) is 20.9. The summed E-state index contributed by atoms with van der Waals surface area (Å²) in [7, 11) is 0. The lowest BCUT2D eigenvalue weighted by Gasteiger charge is -2.08. The molecule has 3 heterocycles. The van der Waals surface area contributed by atoms with E-state index in [1.165, 1.54) is 35.0 Å². The highest BCUT2D eigenvalue weighted by Gasteiger charge is 2.11. The molecule has 0 bridgehead atoms. The van der Waals surface area contributed by atoms with Crippen LogP contribution >= 0.6 is 0 Å². The third-order valence-electron chi connectivity index (χ3n) is 4.07. The molecule has 30 heavy (non-hydrogen) atoms. The first-order chi connectivity index (χ1) is 14.6. The summed E-state index contributed by atoms with van der Waals surface area (Å²) in [4.78, 5) is 23.5. The molecule has 4 rings (SSSR count). The number of fused-ring (bicyclic) bond motifs is 1. The molecule has 0 aliphatic rings. The fourth-order valence-electron chi connectivity index (χ4n) is 2.70. The van der Waals surface area contributed by atoms with Crippen LogP contribution < -0.4 is 15.6 Å². The lowest BCUT2D eigenvalue weighted by molar-refractivity contribution is -0.122. The van der Waals surface area contributed by atoms with Gasteiger partial charge in [-0.3, -0.25) is 9.59 Å². The number of carbonyl (C=O) groups excluding carboxylic acids is 1. The molecule has 0 saturated heterocycles. The molecule has 0 fully saturated rings. The van der Waals surface area contributed by atoms with E-state index in [1.54, 1.807) is 24.3 Å². The number of nitrogens with zero attached hydrogens (tertiary/aromatic N) is 6. The summed E-state index contributed by atoms with van der Waals surface area (Å²) in [6.07, 6.45) is 1.43. The summed E-state index contributed by atoms with van der Waals surface area (Å²) in [5.74, 6) is -0.0884. The van der Waals surface area contributed by atoms with Crippen LogP contribution in [0.5, 0.6) is 5.88 Å². The van der Waals surface area contributed by atoms with Crippen LogP contribution in [-0.2, 0) is 11.3 Å². The SMILES string of the molecule is O=C(Cn1ncccc1=O)NCCOc1ccc2nnc(-c3cccc(F)c3)n2n1. The number of ether oxygens (including phenoxy) is 1. The minimum absolute atomic E-state index is 0.152. The summed E-state index contributed by atoms with van der Waals surface area (Å²) in [5.41, 5.74) is 0.657. The maximum atomic E-state index is 13.5. The van der Waals surface area contributed by atoms with E-state index < -0.39 is 0 Å². The molecule has 1 aromatic carbocycles. The van der Waals surface area contributed by atoms with Gasteiger partial charge in [0.15, 0.2) is 11.5 Å². The van der Waals surface area contributed by atoms with Crippen molar-refractivity contribution in [3.63, 3.8) is 0 Å². The number of amides is 1. The van der Waals surface area contributed by atoms with E-state index in [0.717, 1.165) is 4.68 Å². The molecule has 1 N–H and O–H groups in total. The van der Waals surface area contributed by atoms with E-state index in [4.69, 9.17) is 4.74 Å². The van der Waals surface area contributed by atoms with Gasteiger partial charge in [0.25, 0.3) is 5.56 Å². The highest BCUT2D eigenvalue weighted by Crippen LogP contribution is 2.19. The molecule has 3 aromatic heterocycles. The summed E-state index contributed by atoms with van der Waals surface area (Å²) < 4.78 is 21.6. The topological polar surface area (TPSA) is 116 Å². The van der Waals surface area contributed by atoms with Crippen molar-refractivity contribution in [3.05, 3.63) is 70.9 Å². The minimum atomic E-state index is -0.389. The highest BCUT2D eigenvalue weighted by atomic mass is 19.1. The third-order valence-corrected chi connectivity index (χ3v) is 4.07. The fraction of sp³-hybridized carbons (Fsp3) is 0.158. The van der Waals surface area contributed by atoms with Gasteiger partial charge in [0.05, 0.1) is 6.54 Å². The molecule has 152 valence electrons. The second kappa shape index (κ2) is 8.47. The molecule has 4 aromatic rings. The van der Waals surface area contributed by atoms with E-state index in [-0.39, 0.29) is 42.9 Å². The van der Waals surface area contributed by atoms with Gasteiger partial charge >= 0.3 is 0 Å². The zero-order valence-electron chi connectivity index (χ0n) is 15.6. The minimum Gasteiger partial charge on any atom is -0.475 e. The molecule has 0 aliphatic heterocycles. The van der Waals surface area contributed by atoms with Crippen molar-refractivity contribution in [2.45, 2.75) is 6.54 Å². The molecular formula is C19H16FN7O3. The fourth-order valence-corrected chi connectivity index (χ4v) is 2.70. The van der Waals surface area contributed by atoms with Crippen LogP contribution in [0.1, 0.15) is 0 Å². The number of carbonyl (C=O) groups is 1. The number of aromatic nitrogens is 6. The standard InChI is InChI=1S/C19H16FN7O3/c20-14-4-1-3-13(11-14)19-24-23-15-6-7-17(25-27(15)19)30-10-9-21-16(28)12-26-18(29)5-2-8-22-26/h1-8,11H,9-10,12H2,(H,21,28). The summed E-state index contributed by atoms with van der Waals surface area (Å²) >= 11 is 0. The van der Waals surface area contributed by atoms with Gasteiger partial charge < -0.3 is 10.1 Å². The van der Waals surface area contributed by atoms with Gasteiger partial charge in [-0.2, -0.15) is 9.61 Å². The maximum Gasteiger partial charge on any atom is 0.267 e. The Bertz CT molecular complexity index is 1250. The highest BCUT2D eigenvalue weighted by molar-refractivity contribution is 5.75. The quantitative estimate of drug-likeness (QED) is 0.446. The monoisotopic (exact) mass is 409 g/mol. The first kappa shape index (κ1) is 19.2. The number of benzene rings is 1. The predicted octanol–water partition coefficient (Wildman–Crippen LogP) is 0.682. The van der Waals surface area contributed by atoms with Crippen molar-refractivity contribution in [1.82, 2.24) is 34.9 Å². The first-order valence-corrected chi connectivity index (χ1v) is 9.00. The molecular weight excluding hydrogens is 393 g/mol. The number of hydrogen-bond acceptors (Lipinski definition) is 7.